The summed E-state index contributed by atoms with van der Waals surface area (Å²) in [7, 11) is 1.98. The number of carbonyl (C=O) groups is 3. The van der Waals surface area contributed by atoms with Crippen LogP contribution in [0, 0.1) is 16.0 Å². The van der Waals surface area contributed by atoms with E-state index in [0.717, 1.165) is 25.9 Å². The van der Waals surface area contributed by atoms with E-state index in [-0.39, 0.29) is 25.0 Å². The summed E-state index contributed by atoms with van der Waals surface area (Å²) in [5.41, 5.74) is 0. The Labute approximate surface area is 138 Å². The van der Waals surface area contributed by atoms with Crippen LogP contribution in [0.5, 0.6) is 0 Å². The van der Waals surface area contributed by atoms with E-state index < -0.39 is 17.0 Å². The number of piperidine rings is 1. The predicted molar refractivity (Wildman–Crippen MR) is 80.6 cm³/mol. The van der Waals surface area contributed by atoms with Crippen molar-refractivity contribution in [1.29, 1.82) is 0 Å². The second kappa shape index (κ2) is 11.8. The van der Waals surface area contributed by atoms with E-state index >= 15 is 0 Å². The van der Waals surface area contributed by atoms with Crippen molar-refractivity contribution >= 4 is 17.8 Å². The molecule has 11 heteroatoms. The van der Waals surface area contributed by atoms with Crippen molar-refractivity contribution in [3.8, 4) is 0 Å². The number of hydrogen-bond acceptors (Lipinski definition) is 7. The highest BCUT2D eigenvalue weighted by molar-refractivity contribution is 5.89. The number of carboxylic acid groups (broad SMARTS) is 2. The first-order valence-electron chi connectivity index (χ1n) is 7.10. The molecule has 0 radical (unpaired) electrons. The molecule has 24 heavy (non-hydrogen) atoms. The molecule has 0 aliphatic carbocycles. The van der Waals surface area contributed by atoms with Crippen molar-refractivity contribution < 1.29 is 34.5 Å². The van der Waals surface area contributed by atoms with Crippen molar-refractivity contribution in [2.45, 2.75) is 12.8 Å². The van der Waals surface area contributed by atoms with Gasteiger partial charge in [-0.3, -0.25) is 4.79 Å². The summed E-state index contributed by atoms with van der Waals surface area (Å²) in [6.07, 6.45) is 3.01. The summed E-state index contributed by atoms with van der Waals surface area (Å²) in [4.78, 5) is 46.8. The molecule has 0 aromatic rings. The van der Waals surface area contributed by atoms with Crippen molar-refractivity contribution in [3.05, 3.63) is 22.3 Å². The quantitative estimate of drug-likeness (QED) is 0.236. The highest BCUT2D eigenvalue weighted by Gasteiger charge is 2.23. The number of nitrogens with zero attached hydrogens (tertiary/aromatic N) is 2. The van der Waals surface area contributed by atoms with Crippen molar-refractivity contribution in [2.75, 3.05) is 33.3 Å². The molecule has 1 fully saturated rings. The molecular weight excluding hydrogens is 326 g/mol. The highest BCUT2D eigenvalue weighted by atomic mass is 16.9. The van der Waals surface area contributed by atoms with Crippen LogP contribution in [0.1, 0.15) is 12.8 Å². The summed E-state index contributed by atoms with van der Waals surface area (Å²) in [6.45, 7) is 1.86. The summed E-state index contributed by atoms with van der Waals surface area (Å²) < 4.78 is 0. The Morgan fingerprint density at radius 3 is 2.38 bits per heavy atom. The number of likely N-dealkylation sites (tertiary alicyclic amines) is 1. The molecule has 136 valence electrons. The number of aliphatic carboxylic acids is 2. The van der Waals surface area contributed by atoms with Crippen LogP contribution in [0.2, 0.25) is 0 Å². The van der Waals surface area contributed by atoms with Gasteiger partial charge in [0.05, 0.1) is 5.92 Å². The topological polar surface area (TPSA) is 159 Å². The lowest BCUT2D eigenvalue weighted by molar-refractivity contribution is -0.757. The van der Waals surface area contributed by atoms with Crippen LogP contribution >= 0.6 is 0 Å². The van der Waals surface area contributed by atoms with Gasteiger partial charge < -0.3 is 25.3 Å². The number of hydrogen-bond donors (Lipinski definition) is 3. The van der Waals surface area contributed by atoms with E-state index in [1.807, 2.05) is 7.05 Å². The summed E-state index contributed by atoms with van der Waals surface area (Å²) in [5.74, 6) is -2.56. The molecule has 1 aliphatic rings. The van der Waals surface area contributed by atoms with Gasteiger partial charge in [-0.25, -0.2) is 9.59 Å². The first kappa shape index (κ1) is 21.3. The number of amides is 1. The molecule has 1 rings (SSSR count). The Hall–Kier alpha value is -2.69. The summed E-state index contributed by atoms with van der Waals surface area (Å²) >= 11 is 0. The van der Waals surface area contributed by atoms with E-state index in [0.29, 0.717) is 12.2 Å². The second-order valence-electron chi connectivity index (χ2n) is 4.96. The lowest BCUT2D eigenvalue weighted by Gasteiger charge is -2.28. The fourth-order valence-electron chi connectivity index (χ4n) is 1.96. The third-order valence-corrected chi connectivity index (χ3v) is 2.96. The zero-order valence-electron chi connectivity index (χ0n) is 13.2. The fraction of sp³-hybridized carbons (Fsp3) is 0.615. The van der Waals surface area contributed by atoms with Crippen LogP contribution in [-0.4, -0.2) is 71.3 Å². The molecule has 11 nitrogen and oxygen atoms in total. The van der Waals surface area contributed by atoms with E-state index in [9.17, 15) is 24.5 Å². The van der Waals surface area contributed by atoms with Gasteiger partial charge in [0, 0.05) is 25.2 Å². The Morgan fingerprint density at radius 1 is 1.33 bits per heavy atom. The number of nitrogens with one attached hydrogen (secondary N) is 1. The van der Waals surface area contributed by atoms with Crippen LogP contribution in [0.3, 0.4) is 0 Å². The molecule has 1 unspecified atom stereocenters. The van der Waals surface area contributed by atoms with Gasteiger partial charge in [0.15, 0.2) is 0 Å². The molecule has 0 saturated carbocycles. The van der Waals surface area contributed by atoms with Crippen molar-refractivity contribution in [1.82, 2.24) is 10.2 Å². The molecule has 1 amide bonds. The van der Waals surface area contributed by atoms with Crippen LogP contribution < -0.4 is 5.32 Å². The first-order valence-corrected chi connectivity index (χ1v) is 7.10. The van der Waals surface area contributed by atoms with E-state index in [1.165, 1.54) is 0 Å². The molecule has 0 aromatic carbocycles. The van der Waals surface area contributed by atoms with Gasteiger partial charge in [0.25, 0.3) is 5.09 Å². The Morgan fingerprint density at radius 2 is 1.92 bits per heavy atom. The third kappa shape index (κ3) is 11.9. The van der Waals surface area contributed by atoms with Gasteiger partial charge in [-0.05, 0) is 26.4 Å². The minimum Gasteiger partial charge on any atom is -0.478 e. The van der Waals surface area contributed by atoms with Crippen LogP contribution in [0.15, 0.2) is 12.2 Å². The van der Waals surface area contributed by atoms with Gasteiger partial charge in [-0.2, -0.15) is 0 Å². The minimum atomic E-state index is -1.26. The molecule has 0 aromatic heterocycles. The molecule has 1 aliphatic heterocycles. The summed E-state index contributed by atoms with van der Waals surface area (Å²) in [5, 5.41) is 27.2. The largest absolute Gasteiger partial charge is 0.478 e. The molecule has 1 heterocycles. The summed E-state index contributed by atoms with van der Waals surface area (Å²) in [6, 6.07) is 0. The van der Waals surface area contributed by atoms with Gasteiger partial charge in [-0.15, -0.1) is 10.1 Å². The van der Waals surface area contributed by atoms with Gasteiger partial charge in [-0.1, -0.05) is 0 Å². The van der Waals surface area contributed by atoms with Crippen LogP contribution in [0.25, 0.3) is 0 Å². The van der Waals surface area contributed by atoms with Crippen LogP contribution in [-0.2, 0) is 19.2 Å². The molecule has 1 atom stereocenters. The maximum absolute atomic E-state index is 11.6. The maximum atomic E-state index is 11.6. The van der Waals surface area contributed by atoms with Gasteiger partial charge >= 0.3 is 11.9 Å². The van der Waals surface area contributed by atoms with E-state index in [4.69, 9.17) is 10.2 Å². The molecular formula is C13H21N3O8. The molecule has 1 saturated heterocycles. The zero-order valence-corrected chi connectivity index (χ0v) is 13.2. The van der Waals surface area contributed by atoms with E-state index in [2.05, 4.69) is 15.1 Å². The molecule has 0 spiro atoms. The van der Waals surface area contributed by atoms with Gasteiger partial charge in [0.2, 0.25) is 5.91 Å². The number of rotatable bonds is 7. The third-order valence-electron chi connectivity index (χ3n) is 2.96. The predicted octanol–water partition coefficient (Wildman–Crippen LogP) is -0.635. The lowest BCUT2D eigenvalue weighted by Crippen LogP contribution is -2.42. The normalized spacial score (nSPS) is 17.5. The second-order valence-corrected chi connectivity index (χ2v) is 4.96. The standard InChI is InChI=1S/C9H17N3O4.C4H4O4/c1-11-5-2-3-8(7-11)9(13)10-4-6-16-12(14)15;5-3(6)1-2-4(7)8/h8H,2-7H2,1H3,(H,10,13);1-2H,(H,5,6)(H,7,8)/b;2-1+. The molecule has 3 N–H and O–H groups in total. The number of carbonyl (C=O) groups excluding carboxylic acids is 1. The Kier molecular flexibility index (Phi) is 10.5. The average molecular weight is 347 g/mol. The fourth-order valence-corrected chi connectivity index (χ4v) is 1.96. The average Bonchev–Trinajstić information content (AvgIpc) is 2.50. The van der Waals surface area contributed by atoms with E-state index in [1.54, 1.807) is 0 Å². The monoisotopic (exact) mass is 347 g/mol. The Bertz CT molecular complexity index is 464. The van der Waals surface area contributed by atoms with Crippen molar-refractivity contribution in [2.24, 2.45) is 5.92 Å². The Balaban J connectivity index is 0.000000561. The molecule has 0 bridgehead atoms. The SMILES string of the molecule is CN1CCCC(C(=O)NCCO[N+](=O)[O-])C1.O=C(O)/C=C/C(=O)O. The smallest absolute Gasteiger partial charge is 0.328 e. The number of carboxylic acids is 2. The van der Waals surface area contributed by atoms with Crippen molar-refractivity contribution in [3.63, 3.8) is 0 Å². The zero-order chi connectivity index (χ0) is 18.5. The minimum absolute atomic E-state index is 0.00523. The lowest BCUT2D eigenvalue weighted by atomic mass is 9.98. The maximum Gasteiger partial charge on any atom is 0.328 e. The highest BCUT2D eigenvalue weighted by Crippen LogP contribution is 2.14. The van der Waals surface area contributed by atoms with Crippen LogP contribution in [0.4, 0.5) is 0 Å². The van der Waals surface area contributed by atoms with Gasteiger partial charge in [0.1, 0.15) is 6.61 Å². The first-order chi connectivity index (χ1) is 11.2.